The van der Waals surface area contributed by atoms with Crippen molar-refractivity contribution in [3.63, 3.8) is 0 Å². The lowest BCUT2D eigenvalue weighted by Gasteiger charge is -2.56. The Morgan fingerprint density at radius 3 is 2.36 bits per heavy atom. The number of aromatic amines is 1. The van der Waals surface area contributed by atoms with Gasteiger partial charge < -0.3 is 0 Å². The van der Waals surface area contributed by atoms with Gasteiger partial charge in [0, 0.05) is 15.6 Å². The summed E-state index contributed by atoms with van der Waals surface area (Å²) in [5.74, 6) is 2.34. The number of carbonyl (C=O) groups excluding carboxylic acids is 1. The summed E-state index contributed by atoms with van der Waals surface area (Å²) in [5.41, 5.74) is 6.19. The third-order valence-corrected chi connectivity index (χ3v) is 7.54. The lowest BCUT2D eigenvalue weighted by atomic mass is 9.49. The van der Waals surface area contributed by atoms with Crippen LogP contribution in [0.1, 0.15) is 67.2 Å². The van der Waals surface area contributed by atoms with E-state index in [0.29, 0.717) is 5.69 Å². The molecule has 0 radical (unpaired) electrons. The number of nitrogens with one attached hydrogen (secondary N) is 2. The third kappa shape index (κ3) is 3.21. The average molecular weight is 441 g/mol. The summed E-state index contributed by atoms with van der Waals surface area (Å²) in [5, 5.41) is 11.8. The van der Waals surface area contributed by atoms with Gasteiger partial charge in [-0.15, -0.1) is 0 Å². The maximum Gasteiger partial charge on any atom is 0.291 e. The molecule has 0 spiro atoms. The number of nitrogens with zero attached hydrogens (tertiary/aromatic N) is 2. The highest BCUT2D eigenvalue weighted by Gasteiger charge is 2.52. The molecule has 4 fully saturated rings. The monoisotopic (exact) mass is 440 g/mol. The SMILES string of the molecule is C/C(=N\NC(=O)c1cc(C23CC4CC(CC(C4)C2)C3)[nH]n1)c1ccc(Br)cc1. The Kier molecular flexibility index (Phi) is 4.42. The van der Waals surface area contributed by atoms with Crippen LogP contribution in [-0.2, 0) is 5.41 Å². The van der Waals surface area contributed by atoms with E-state index in [4.69, 9.17) is 0 Å². The number of amides is 1. The standard InChI is InChI=1S/C22H25BrN4O/c1-13(17-2-4-18(23)5-3-17)24-27-21(28)19-9-20(26-25-19)22-10-14-6-15(11-22)8-16(7-14)12-22/h2-5,9,14-16H,6-8,10-12H2,1H3,(H,25,26)(H,27,28)/b24-13+. The van der Waals surface area contributed by atoms with E-state index in [-0.39, 0.29) is 11.3 Å². The Balaban J connectivity index is 1.30. The average Bonchev–Trinajstić information content (AvgIpc) is 3.16. The van der Waals surface area contributed by atoms with Crippen LogP contribution in [0.2, 0.25) is 0 Å². The molecule has 1 aromatic carbocycles. The first-order valence-electron chi connectivity index (χ1n) is 10.2. The van der Waals surface area contributed by atoms with Crippen LogP contribution in [0.15, 0.2) is 39.9 Å². The van der Waals surface area contributed by atoms with E-state index >= 15 is 0 Å². The van der Waals surface area contributed by atoms with E-state index in [1.807, 2.05) is 37.3 Å². The Labute approximate surface area is 173 Å². The van der Waals surface area contributed by atoms with Crippen molar-refractivity contribution in [3.05, 3.63) is 51.8 Å². The Bertz CT molecular complexity index is 895. The molecule has 6 rings (SSSR count). The van der Waals surface area contributed by atoms with Crippen molar-refractivity contribution < 1.29 is 4.79 Å². The first-order chi connectivity index (χ1) is 13.5. The molecule has 2 aromatic rings. The van der Waals surface area contributed by atoms with Gasteiger partial charge in [-0.2, -0.15) is 10.2 Å². The van der Waals surface area contributed by atoms with Crippen LogP contribution in [-0.4, -0.2) is 21.8 Å². The van der Waals surface area contributed by atoms with Crippen LogP contribution in [0.25, 0.3) is 0 Å². The van der Waals surface area contributed by atoms with Crippen molar-refractivity contribution in [3.8, 4) is 0 Å². The van der Waals surface area contributed by atoms with Gasteiger partial charge in [0.25, 0.3) is 5.91 Å². The summed E-state index contributed by atoms with van der Waals surface area (Å²) < 4.78 is 1.02. The number of carbonyl (C=O) groups is 1. The van der Waals surface area contributed by atoms with Gasteiger partial charge in [-0.1, -0.05) is 28.1 Å². The molecule has 0 saturated heterocycles. The molecule has 0 unspecified atom stereocenters. The first kappa shape index (κ1) is 18.1. The topological polar surface area (TPSA) is 70.1 Å². The minimum absolute atomic E-state index is 0.219. The van der Waals surface area contributed by atoms with E-state index < -0.39 is 0 Å². The number of hydrogen-bond donors (Lipinski definition) is 2. The molecule has 1 aromatic heterocycles. The van der Waals surface area contributed by atoms with Gasteiger partial charge in [0.15, 0.2) is 5.69 Å². The van der Waals surface area contributed by atoms with Crippen LogP contribution in [0.4, 0.5) is 0 Å². The molecule has 28 heavy (non-hydrogen) atoms. The maximum atomic E-state index is 12.6. The van der Waals surface area contributed by atoms with Crippen LogP contribution >= 0.6 is 15.9 Å². The van der Waals surface area contributed by atoms with Crippen LogP contribution in [0.5, 0.6) is 0 Å². The van der Waals surface area contributed by atoms with Crippen LogP contribution in [0, 0.1) is 17.8 Å². The predicted octanol–water partition coefficient (Wildman–Crippen LogP) is 4.79. The number of rotatable bonds is 4. The normalized spacial score (nSPS) is 31.2. The van der Waals surface area contributed by atoms with Gasteiger partial charge in [-0.25, -0.2) is 5.43 Å². The van der Waals surface area contributed by atoms with Gasteiger partial charge in [0.05, 0.1) is 5.71 Å². The minimum atomic E-state index is -0.260. The van der Waals surface area contributed by atoms with Crippen molar-refractivity contribution in [1.82, 2.24) is 15.6 Å². The molecule has 4 saturated carbocycles. The zero-order valence-corrected chi connectivity index (χ0v) is 17.6. The second-order valence-electron chi connectivity index (χ2n) is 9.01. The third-order valence-electron chi connectivity index (χ3n) is 7.01. The van der Waals surface area contributed by atoms with Gasteiger partial charge in [0.1, 0.15) is 0 Å². The van der Waals surface area contributed by atoms with Gasteiger partial charge in [0.2, 0.25) is 0 Å². The second-order valence-corrected chi connectivity index (χ2v) is 9.93. The lowest BCUT2D eigenvalue weighted by Crippen LogP contribution is -2.48. The molecule has 1 heterocycles. The van der Waals surface area contributed by atoms with Crippen LogP contribution < -0.4 is 5.43 Å². The van der Waals surface area contributed by atoms with Crippen molar-refractivity contribution in [2.75, 3.05) is 0 Å². The summed E-state index contributed by atoms with van der Waals surface area (Å²) >= 11 is 3.43. The van der Waals surface area contributed by atoms with Crippen LogP contribution in [0.3, 0.4) is 0 Å². The summed E-state index contributed by atoms with van der Waals surface area (Å²) in [6.07, 6.45) is 7.98. The Hall–Kier alpha value is -1.95. The molecule has 146 valence electrons. The lowest BCUT2D eigenvalue weighted by molar-refractivity contribution is -0.00721. The van der Waals surface area contributed by atoms with Crippen molar-refractivity contribution in [2.24, 2.45) is 22.9 Å². The molecule has 4 aliphatic carbocycles. The Morgan fingerprint density at radius 2 is 1.75 bits per heavy atom. The van der Waals surface area contributed by atoms with Crippen molar-refractivity contribution in [2.45, 2.75) is 50.9 Å². The number of aromatic nitrogens is 2. The predicted molar refractivity (Wildman–Crippen MR) is 112 cm³/mol. The maximum absolute atomic E-state index is 12.6. The highest BCUT2D eigenvalue weighted by molar-refractivity contribution is 9.10. The molecule has 2 N–H and O–H groups in total. The van der Waals surface area contributed by atoms with E-state index in [2.05, 4.69) is 36.7 Å². The van der Waals surface area contributed by atoms with Crippen molar-refractivity contribution >= 4 is 27.5 Å². The van der Waals surface area contributed by atoms with Crippen molar-refractivity contribution in [1.29, 1.82) is 0 Å². The van der Waals surface area contributed by atoms with E-state index in [0.717, 1.165) is 39.2 Å². The number of hydrazone groups is 1. The molecule has 1 amide bonds. The zero-order chi connectivity index (χ0) is 19.3. The molecule has 0 aliphatic heterocycles. The van der Waals surface area contributed by atoms with Gasteiger partial charge in [-0.3, -0.25) is 9.89 Å². The largest absolute Gasteiger partial charge is 0.291 e. The fraction of sp³-hybridized carbons (Fsp3) is 0.500. The molecule has 4 aliphatic rings. The van der Waals surface area contributed by atoms with E-state index in [1.54, 1.807) is 0 Å². The molecular formula is C22H25BrN4O. The van der Waals surface area contributed by atoms with Gasteiger partial charge in [-0.05, 0) is 87.0 Å². The summed E-state index contributed by atoms with van der Waals surface area (Å²) in [4.78, 5) is 12.6. The number of benzene rings is 1. The highest BCUT2D eigenvalue weighted by atomic mass is 79.9. The number of halogens is 1. The molecule has 4 bridgehead atoms. The number of hydrogen-bond acceptors (Lipinski definition) is 3. The second kappa shape index (κ2) is 6.83. The highest BCUT2D eigenvalue weighted by Crippen LogP contribution is 2.60. The summed E-state index contributed by atoms with van der Waals surface area (Å²) in [6.45, 7) is 1.88. The quantitative estimate of drug-likeness (QED) is 0.529. The number of H-pyrrole nitrogens is 1. The summed E-state index contributed by atoms with van der Waals surface area (Å²) in [6, 6.07) is 9.82. The first-order valence-corrected chi connectivity index (χ1v) is 11.0. The van der Waals surface area contributed by atoms with E-state index in [1.165, 1.54) is 38.5 Å². The molecule has 6 heteroatoms. The summed E-state index contributed by atoms with van der Waals surface area (Å²) in [7, 11) is 0. The van der Waals surface area contributed by atoms with Gasteiger partial charge >= 0.3 is 0 Å². The fourth-order valence-electron chi connectivity index (χ4n) is 6.10. The molecule has 0 atom stereocenters. The Morgan fingerprint density at radius 1 is 1.14 bits per heavy atom. The molecule has 5 nitrogen and oxygen atoms in total. The molecular weight excluding hydrogens is 416 g/mol. The smallest absolute Gasteiger partial charge is 0.281 e. The fourth-order valence-corrected chi connectivity index (χ4v) is 6.36. The zero-order valence-electron chi connectivity index (χ0n) is 16.0. The minimum Gasteiger partial charge on any atom is -0.281 e. The van der Waals surface area contributed by atoms with E-state index in [9.17, 15) is 4.79 Å².